The van der Waals surface area contributed by atoms with Gasteiger partial charge in [-0.1, -0.05) is 40.2 Å². The Kier molecular flexibility index (Phi) is 3.21. The minimum Gasteiger partial charge on any atom is -0.256 e. The van der Waals surface area contributed by atoms with E-state index in [1.807, 2.05) is 6.20 Å². The van der Waals surface area contributed by atoms with Gasteiger partial charge < -0.3 is 0 Å². The predicted molar refractivity (Wildman–Crippen MR) is 94.0 cm³/mol. The summed E-state index contributed by atoms with van der Waals surface area (Å²) in [5.41, 5.74) is 6.37. The third-order valence-corrected chi connectivity index (χ3v) is 4.96. The lowest BCUT2D eigenvalue weighted by atomic mass is 9.73. The van der Waals surface area contributed by atoms with Crippen LogP contribution in [0.3, 0.4) is 0 Å². The van der Waals surface area contributed by atoms with Crippen LogP contribution >= 0.6 is 0 Å². The Morgan fingerprint density at radius 1 is 1.14 bits per heavy atom. The minimum absolute atomic E-state index is 0.0355. The molecule has 0 amide bonds. The molecule has 0 spiro atoms. The van der Waals surface area contributed by atoms with Crippen LogP contribution in [0.5, 0.6) is 0 Å². The Morgan fingerprint density at radius 2 is 1.82 bits per heavy atom. The molecule has 0 bridgehead atoms. The number of hydrogen-bond acceptors (Lipinski definition) is 2. The van der Waals surface area contributed by atoms with E-state index in [2.05, 4.69) is 65.6 Å². The summed E-state index contributed by atoms with van der Waals surface area (Å²) in [7, 11) is 0. The molecular formula is C20H26N2. The highest BCUT2D eigenvalue weighted by atomic mass is 14.8. The molecule has 2 aromatic rings. The summed E-state index contributed by atoms with van der Waals surface area (Å²) in [6.07, 6.45) is 2.92. The van der Waals surface area contributed by atoms with Crippen molar-refractivity contribution >= 4 is 16.3 Å². The minimum atomic E-state index is -0.0355. The van der Waals surface area contributed by atoms with Crippen LogP contribution in [0.4, 0.5) is 0 Å². The molecule has 2 heterocycles. The normalized spacial score (nSPS) is 17.2. The summed E-state index contributed by atoms with van der Waals surface area (Å²) in [6, 6.07) is 4.37. The van der Waals surface area contributed by atoms with Gasteiger partial charge in [0.1, 0.15) is 0 Å². The lowest BCUT2D eigenvalue weighted by Crippen LogP contribution is -2.26. The van der Waals surface area contributed by atoms with Crippen LogP contribution in [-0.4, -0.2) is 9.97 Å². The van der Waals surface area contributed by atoms with Crippen LogP contribution in [-0.2, 0) is 11.8 Å². The fraction of sp³-hybridized carbons (Fsp3) is 0.500. The molecule has 116 valence electrons. The number of rotatable bonds is 1. The summed E-state index contributed by atoms with van der Waals surface area (Å²) < 4.78 is 0. The first-order valence-corrected chi connectivity index (χ1v) is 8.09. The van der Waals surface area contributed by atoms with E-state index in [-0.39, 0.29) is 10.8 Å². The maximum atomic E-state index is 5.08. The van der Waals surface area contributed by atoms with Gasteiger partial charge >= 0.3 is 0 Å². The third-order valence-electron chi connectivity index (χ3n) is 4.96. The molecule has 1 aliphatic rings. The van der Waals surface area contributed by atoms with E-state index in [0.717, 1.165) is 12.1 Å². The van der Waals surface area contributed by atoms with Crippen molar-refractivity contribution in [1.29, 1.82) is 0 Å². The Labute approximate surface area is 133 Å². The highest BCUT2D eigenvalue weighted by Crippen LogP contribution is 2.44. The number of aromatic nitrogens is 2. The summed E-state index contributed by atoms with van der Waals surface area (Å²) in [6.45, 7) is 15.8. The molecule has 2 heteroatoms. The van der Waals surface area contributed by atoms with E-state index in [1.165, 1.54) is 33.3 Å². The van der Waals surface area contributed by atoms with Crippen molar-refractivity contribution in [2.75, 3.05) is 0 Å². The van der Waals surface area contributed by atoms with Gasteiger partial charge in [0.25, 0.3) is 0 Å². The van der Waals surface area contributed by atoms with Gasteiger partial charge in [0.2, 0.25) is 0 Å². The summed E-state index contributed by atoms with van der Waals surface area (Å²) in [5.74, 6) is 0. The molecule has 0 radical (unpaired) electrons. The largest absolute Gasteiger partial charge is 0.256 e. The highest BCUT2D eigenvalue weighted by Gasteiger charge is 2.34. The molecule has 0 atom stereocenters. The fourth-order valence-corrected chi connectivity index (χ4v) is 3.45. The molecule has 0 fully saturated rings. The molecule has 0 N–H and O–H groups in total. The molecule has 0 aliphatic heterocycles. The first-order chi connectivity index (χ1) is 10.1. The SMILES string of the molecule is CC1=C(C)C(C)(C)c2nc(CC(C)(C)C)cc3ccnc1c23. The second kappa shape index (κ2) is 4.65. The van der Waals surface area contributed by atoms with Crippen molar-refractivity contribution in [1.82, 2.24) is 9.97 Å². The number of nitrogens with zero attached hydrogens (tertiary/aromatic N) is 2. The van der Waals surface area contributed by atoms with Crippen molar-refractivity contribution in [2.24, 2.45) is 5.41 Å². The second-order valence-corrected chi connectivity index (χ2v) is 8.33. The maximum Gasteiger partial charge on any atom is 0.0755 e. The van der Waals surface area contributed by atoms with E-state index in [4.69, 9.17) is 4.98 Å². The molecule has 0 aromatic carbocycles. The number of allylic oxidation sites excluding steroid dienone is 2. The quantitative estimate of drug-likeness (QED) is 0.713. The van der Waals surface area contributed by atoms with Gasteiger partial charge in [-0.25, -0.2) is 0 Å². The zero-order valence-corrected chi connectivity index (χ0v) is 14.8. The van der Waals surface area contributed by atoms with E-state index < -0.39 is 0 Å². The number of pyridine rings is 2. The van der Waals surface area contributed by atoms with Crippen molar-refractivity contribution in [3.8, 4) is 0 Å². The molecule has 0 unspecified atom stereocenters. The maximum absolute atomic E-state index is 5.08. The average molecular weight is 294 g/mol. The molecule has 22 heavy (non-hydrogen) atoms. The Bertz CT molecular complexity index is 789. The summed E-state index contributed by atoms with van der Waals surface area (Å²) >= 11 is 0. The lowest BCUT2D eigenvalue weighted by Gasteiger charge is -2.34. The van der Waals surface area contributed by atoms with Gasteiger partial charge in [0, 0.05) is 22.7 Å². The molecule has 0 saturated carbocycles. The fourth-order valence-electron chi connectivity index (χ4n) is 3.45. The van der Waals surface area contributed by atoms with E-state index in [1.54, 1.807) is 0 Å². The summed E-state index contributed by atoms with van der Waals surface area (Å²) in [5, 5.41) is 2.52. The van der Waals surface area contributed by atoms with Crippen LogP contribution in [0.25, 0.3) is 16.3 Å². The van der Waals surface area contributed by atoms with Gasteiger partial charge in [0.05, 0.1) is 11.4 Å². The monoisotopic (exact) mass is 294 g/mol. The van der Waals surface area contributed by atoms with Gasteiger partial charge in [-0.3, -0.25) is 9.97 Å². The average Bonchev–Trinajstić information content (AvgIpc) is 2.40. The van der Waals surface area contributed by atoms with Crippen LogP contribution in [0.2, 0.25) is 0 Å². The van der Waals surface area contributed by atoms with Gasteiger partial charge in [-0.05, 0) is 48.8 Å². The van der Waals surface area contributed by atoms with E-state index >= 15 is 0 Å². The molecule has 0 saturated heterocycles. The van der Waals surface area contributed by atoms with Crippen LogP contribution in [0, 0.1) is 5.41 Å². The van der Waals surface area contributed by atoms with Gasteiger partial charge in [-0.15, -0.1) is 0 Å². The second-order valence-electron chi connectivity index (χ2n) is 8.33. The van der Waals surface area contributed by atoms with Crippen molar-refractivity contribution in [3.05, 3.63) is 41.0 Å². The Balaban J connectivity index is 2.34. The molecule has 1 aliphatic carbocycles. The topological polar surface area (TPSA) is 25.8 Å². The smallest absolute Gasteiger partial charge is 0.0755 e. The molecular weight excluding hydrogens is 268 g/mol. The summed E-state index contributed by atoms with van der Waals surface area (Å²) in [4.78, 5) is 9.72. The van der Waals surface area contributed by atoms with Gasteiger partial charge in [-0.2, -0.15) is 0 Å². The van der Waals surface area contributed by atoms with E-state index in [9.17, 15) is 0 Å². The lowest BCUT2D eigenvalue weighted by molar-refractivity contribution is 0.405. The highest BCUT2D eigenvalue weighted by molar-refractivity contribution is 5.97. The first-order valence-electron chi connectivity index (χ1n) is 8.09. The van der Waals surface area contributed by atoms with Crippen molar-refractivity contribution < 1.29 is 0 Å². The van der Waals surface area contributed by atoms with Crippen LogP contribution in [0.1, 0.15) is 65.5 Å². The van der Waals surface area contributed by atoms with Gasteiger partial charge in [0.15, 0.2) is 0 Å². The standard InChI is InChI=1S/C20H26N2/c1-12-13(2)20(6,7)18-16-14(8-9-21-17(12)16)10-15(22-18)11-19(3,4)5/h8-10H,11H2,1-7H3. The van der Waals surface area contributed by atoms with Crippen molar-refractivity contribution in [2.45, 2.75) is 60.3 Å². The third kappa shape index (κ3) is 2.25. The molecule has 3 rings (SSSR count). The van der Waals surface area contributed by atoms with Crippen LogP contribution < -0.4 is 0 Å². The van der Waals surface area contributed by atoms with Crippen molar-refractivity contribution in [3.63, 3.8) is 0 Å². The first kappa shape index (κ1) is 15.2. The Morgan fingerprint density at radius 3 is 2.45 bits per heavy atom. The zero-order valence-electron chi connectivity index (χ0n) is 14.8. The Hall–Kier alpha value is -1.70. The number of hydrogen-bond donors (Lipinski definition) is 0. The molecule has 2 nitrogen and oxygen atoms in total. The van der Waals surface area contributed by atoms with E-state index in [0.29, 0.717) is 0 Å². The predicted octanol–water partition coefficient (Wildman–Crippen LogP) is 5.30. The van der Waals surface area contributed by atoms with Crippen LogP contribution in [0.15, 0.2) is 23.9 Å². The zero-order chi connectivity index (χ0) is 16.3. The molecule has 2 aromatic heterocycles.